The fraction of sp³-hybridized carbons (Fsp3) is 0.312. The van der Waals surface area contributed by atoms with Crippen LogP contribution in [0.25, 0.3) is 11.1 Å². The van der Waals surface area contributed by atoms with Gasteiger partial charge in [0.1, 0.15) is 0 Å². The topological polar surface area (TPSA) is 24.9 Å². The van der Waals surface area contributed by atoms with E-state index in [1.54, 1.807) is 6.20 Å². The minimum Gasteiger partial charge on any atom is -0.313 e. The fourth-order valence-electron chi connectivity index (χ4n) is 2.07. The quantitative estimate of drug-likeness (QED) is 0.826. The zero-order valence-corrected chi connectivity index (χ0v) is 12.2. The molecule has 0 atom stereocenters. The Morgan fingerprint density at radius 3 is 2.74 bits per heavy atom. The molecule has 0 aliphatic rings. The van der Waals surface area contributed by atoms with Crippen LogP contribution in [0.5, 0.6) is 0 Å². The average Bonchev–Trinajstić information content (AvgIpc) is 2.40. The van der Waals surface area contributed by atoms with Crippen LogP contribution in [0.2, 0.25) is 5.02 Å². The highest BCUT2D eigenvalue weighted by molar-refractivity contribution is 6.33. The van der Waals surface area contributed by atoms with Gasteiger partial charge in [-0.05, 0) is 48.7 Å². The van der Waals surface area contributed by atoms with Crippen LogP contribution in [-0.4, -0.2) is 11.5 Å². The van der Waals surface area contributed by atoms with Crippen LogP contribution in [0.4, 0.5) is 0 Å². The molecule has 0 aliphatic carbocycles. The Bertz CT molecular complexity index is 552. The molecule has 0 saturated carbocycles. The van der Waals surface area contributed by atoms with E-state index in [1.165, 1.54) is 5.56 Å². The highest BCUT2D eigenvalue weighted by Crippen LogP contribution is 2.30. The van der Waals surface area contributed by atoms with Crippen LogP contribution in [0.1, 0.15) is 24.5 Å². The molecule has 2 nitrogen and oxygen atoms in total. The molecular weight excluding hydrogens is 256 g/mol. The van der Waals surface area contributed by atoms with E-state index in [1.807, 2.05) is 18.3 Å². The Labute approximate surface area is 119 Å². The molecule has 2 aromatic rings. The van der Waals surface area contributed by atoms with Gasteiger partial charge in [0.25, 0.3) is 0 Å². The maximum absolute atomic E-state index is 6.40. The lowest BCUT2D eigenvalue weighted by Crippen LogP contribution is -2.13. The molecule has 0 unspecified atom stereocenters. The second-order valence-electron chi connectivity index (χ2n) is 4.68. The largest absolute Gasteiger partial charge is 0.313 e. The highest BCUT2D eigenvalue weighted by Gasteiger charge is 2.07. The van der Waals surface area contributed by atoms with Crippen molar-refractivity contribution in [2.75, 3.05) is 6.54 Å². The summed E-state index contributed by atoms with van der Waals surface area (Å²) in [6.07, 6.45) is 4.81. The lowest BCUT2D eigenvalue weighted by atomic mass is 10.0. The Kier molecular flexibility index (Phi) is 4.94. The lowest BCUT2D eigenvalue weighted by molar-refractivity contribution is 0.675. The van der Waals surface area contributed by atoms with Gasteiger partial charge in [-0.3, -0.25) is 4.98 Å². The minimum absolute atomic E-state index is 0.796. The molecule has 1 aromatic carbocycles. The number of aryl methyl sites for hydroxylation is 1. The third-order valence-corrected chi connectivity index (χ3v) is 3.41. The second-order valence-corrected chi connectivity index (χ2v) is 5.09. The third-order valence-electron chi connectivity index (χ3n) is 3.10. The van der Waals surface area contributed by atoms with Gasteiger partial charge in [-0.1, -0.05) is 30.7 Å². The summed E-state index contributed by atoms with van der Waals surface area (Å²) in [6, 6.07) is 8.27. The molecule has 1 aromatic heterocycles. The molecule has 1 heterocycles. The Hall–Kier alpha value is -1.38. The SMILES string of the molecule is CCCNCc1ccc(-c2ccncc2C)c(Cl)c1. The van der Waals surface area contributed by atoms with Crippen LogP contribution in [-0.2, 0) is 6.54 Å². The van der Waals surface area contributed by atoms with Crippen LogP contribution in [0.3, 0.4) is 0 Å². The smallest absolute Gasteiger partial charge is 0.0487 e. The molecule has 100 valence electrons. The van der Waals surface area contributed by atoms with Crippen LogP contribution in [0, 0.1) is 6.92 Å². The molecule has 0 amide bonds. The van der Waals surface area contributed by atoms with Crippen LogP contribution >= 0.6 is 11.6 Å². The zero-order chi connectivity index (χ0) is 13.7. The van der Waals surface area contributed by atoms with E-state index in [-0.39, 0.29) is 0 Å². The molecule has 0 saturated heterocycles. The van der Waals surface area contributed by atoms with Gasteiger partial charge in [-0.2, -0.15) is 0 Å². The molecule has 0 fully saturated rings. The van der Waals surface area contributed by atoms with Gasteiger partial charge in [0.15, 0.2) is 0 Å². The molecule has 0 aliphatic heterocycles. The number of benzene rings is 1. The van der Waals surface area contributed by atoms with Crippen LogP contribution in [0.15, 0.2) is 36.7 Å². The monoisotopic (exact) mass is 274 g/mol. The first kappa shape index (κ1) is 14.0. The summed E-state index contributed by atoms with van der Waals surface area (Å²) in [5, 5.41) is 4.18. The van der Waals surface area contributed by atoms with Gasteiger partial charge in [-0.25, -0.2) is 0 Å². The predicted octanol–water partition coefficient (Wildman–Crippen LogP) is 4.21. The van der Waals surface area contributed by atoms with Crippen molar-refractivity contribution in [2.45, 2.75) is 26.8 Å². The number of nitrogens with zero attached hydrogens (tertiary/aromatic N) is 1. The van der Waals surface area contributed by atoms with Crippen molar-refractivity contribution in [1.29, 1.82) is 0 Å². The summed E-state index contributed by atoms with van der Waals surface area (Å²) < 4.78 is 0. The van der Waals surface area contributed by atoms with Crippen LogP contribution < -0.4 is 5.32 Å². The summed E-state index contributed by atoms with van der Waals surface area (Å²) in [4.78, 5) is 4.11. The molecule has 1 N–H and O–H groups in total. The summed E-state index contributed by atoms with van der Waals surface area (Å²) in [6.45, 7) is 6.11. The van der Waals surface area contributed by atoms with E-state index in [9.17, 15) is 0 Å². The number of hydrogen-bond donors (Lipinski definition) is 1. The number of rotatable bonds is 5. The Morgan fingerprint density at radius 1 is 1.21 bits per heavy atom. The lowest BCUT2D eigenvalue weighted by Gasteiger charge is -2.10. The van der Waals surface area contributed by atoms with Gasteiger partial charge in [0, 0.05) is 29.5 Å². The molecule has 3 heteroatoms. The standard InChI is InChI=1S/C16H19ClN2/c1-3-7-18-11-13-4-5-15(16(17)9-13)14-6-8-19-10-12(14)2/h4-6,8-10,18H,3,7,11H2,1-2H3. The summed E-state index contributed by atoms with van der Waals surface area (Å²) in [7, 11) is 0. The van der Waals surface area contributed by atoms with Crippen molar-refractivity contribution in [3.05, 3.63) is 52.8 Å². The van der Waals surface area contributed by atoms with E-state index in [4.69, 9.17) is 11.6 Å². The number of aromatic nitrogens is 1. The van der Waals surface area contributed by atoms with Crippen molar-refractivity contribution < 1.29 is 0 Å². The minimum atomic E-state index is 0.796. The predicted molar refractivity (Wildman–Crippen MR) is 81.4 cm³/mol. The Morgan fingerprint density at radius 2 is 2.05 bits per heavy atom. The number of nitrogens with one attached hydrogen (secondary N) is 1. The molecular formula is C16H19ClN2. The van der Waals surface area contributed by atoms with Gasteiger partial charge in [0.2, 0.25) is 0 Å². The summed E-state index contributed by atoms with van der Waals surface area (Å²) in [5.41, 5.74) is 4.57. The third kappa shape index (κ3) is 3.55. The Balaban J connectivity index is 2.22. The highest BCUT2D eigenvalue weighted by atomic mass is 35.5. The maximum atomic E-state index is 6.40. The number of halogens is 1. The van der Waals surface area contributed by atoms with Gasteiger partial charge < -0.3 is 5.32 Å². The molecule has 19 heavy (non-hydrogen) atoms. The molecule has 0 spiro atoms. The molecule has 0 bridgehead atoms. The number of hydrogen-bond acceptors (Lipinski definition) is 2. The summed E-state index contributed by atoms with van der Waals surface area (Å²) >= 11 is 6.40. The van der Waals surface area contributed by atoms with Crippen molar-refractivity contribution >= 4 is 11.6 Å². The average molecular weight is 275 g/mol. The second kappa shape index (κ2) is 6.69. The molecule has 0 radical (unpaired) electrons. The van der Waals surface area contributed by atoms with E-state index >= 15 is 0 Å². The van der Waals surface area contributed by atoms with Gasteiger partial charge >= 0.3 is 0 Å². The molecule has 2 rings (SSSR count). The normalized spacial score (nSPS) is 10.7. The van der Waals surface area contributed by atoms with Gasteiger partial charge in [-0.15, -0.1) is 0 Å². The zero-order valence-electron chi connectivity index (χ0n) is 11.4. The van der Waals surface area contributed by atoms with E-state index < -0.39 is 0 Å². The van der Waals surface area contributed by atoms with E-state index in [2.05, 4.69) is 36.3 Å². The maximum Gasteiger partial charge on any atom is 0.0487 e. The van der Waals surface area contributed by atoms with Crippen molar-refractivity contribution in [3.8, 4) is 11.1 Å². The first-order valence-electron chi connectivity index (χ1n) is 6.62. The first-order chi connectivity index (χ1) is 9.22. The first-order valence-corrected chi connectivity index (χ1v) is 7.00. The van der Waals surface area contributed by atoms with Crippen molar-refractivity contribution in [3.63, 3.8) is 0 Å². The number of pyridine rings is 1. The van der Waals surface area contributed by atoms with Gasteiger partial charge in [0.05, 0.1) is 0 Å². The fourth-order valence-corrected chi connectivity index (χ4v) is 2.38. The van der Waals surface area contributed by atoms with E-state index in [0.717, 1.165) is 41.2 Å². The van der Waals surface area contributed by atoms with Crippen molar-refractivity contribution in [2.24, 2.45) is 0 Å². The van der Waals surface area contributed by atoms with E-state index in [0.29, 0.717) is 0 Å². The summed E-state index contributed by atoms with van der Waals surface area (Å²) in [5.74, 6) is 0. The van der Waals surface area contributed by atoms with Crippen molar-refractivity contribution in [1.82, 2.24) is 10.3 Å².